The maximum Gasteiger partial charge on any atom is 0.326 e. The number of benzene rings is 3. The maximum absolute atomic E-state index is 12.6. The monoisotopic (exact) mass is 975 g/mol. The van der Waals surface area contributed by atoms with Crippen molar-refractivity contribution in [3.8, 4) is 28.2 Å². The number of rotatable bonds is 32. The van der Waals surface area contributed by atoms with Gasteiger partial charge in [0.2, 0.25) is 5.91 Å². The molecule has 1 aliphatic heterocycles. The lowest BCUT2D eigenvalue weighted by atomic mass is 9.93. The highest BCUT2D eigenvalue weighted by molar-refractivity contribution is 7.80. The first-order valence-corrected chi connectivity index (χ1v) is 22.9. The molecule has 1 aliphatic carbocycles. The molecule has 0 unspecified atom stereocenters. The van der Waals surface area contributed by atoms with E-state index in [1.807, 2.05) is 24.3 Å². The number of hydrogen-bond donors (Lipinski definition) is 8. The van der Waals surface area contributed by atoms with E-state index in [-0.39, 0.29) is 99.5 Å². The third-order valence-electron chi connectivity index (χ3n) is 10.8. The second kappa shape index (κ2) is 28.7. The summed E-state index contributed by atoms with van der Waals surface area (Å²) in [5.41, 5.74) is 3.59. The van der Waals surface area contributed by atoms with Crippen molar-refractivity contribution in [3.63, 3.8) is 0 Å². The second-order valence-electron chi connectivity index (χ2n) is 16.1. The van der Waals surface area contributed by atoms with E-state index in [4.69, 9.17) is 26.5 Å². The first kappa shape index (κ1) is 54.2. The number of hydrogen-bond acceptors (Lipinski definition) is 14. The molecule has 0 spiro atoms. The number of fused-ring (bicyclic) bond motifs is 2. The van der Waals surface area contributed by atoms with Crippen LogP contribution >= 0.6 is 12.2 Å². The first-order chi connectivity index (χ1) is 33.1. The van der Waals surface area contributed by atoms with Crippen LogP contribution in [0.5, 0.6) is 5.75 Å². The number of phenols is 1. The minimum Gasteiger partial charge on any atom is -0.508 e. The zero-order valence-corrected chi connectivity index (χ0v) is 38.6. The Morgan fingerprint density at radius 3 is 2.14 bits per heavy atom. The van der Waals surface area contributed by atoms with Crippen molar-refractivity contribution in [2.45, 2.75) is 115 Å². The van der Waals surface area contributed by atoms with Crippen LogP contribution in [-0.4, -0.2) is 100 Å². The largest absolute Gasteiger partial charge is 0.508 e. The molecule has 0 saturated heterocycles. The fraction of sp³-hybridized carbons (Fsp3) is 0.417. The maximum atomic E-state index is 12.6. The van der Waals surface area contributed by atoms with Crippen LogP contribution in [0.2, 0.25) is 0 Å². The summed E-state index contributed by atoms with van der Waals surface area (Å²) in [4.78, 5) is 106. The number of ether oxygens (including phenoxy) is 2. The summed E-state index contributed by atoms with van der Waals surface area (Å²) in [5, 5.41) is 42.9. The summed E-state index contributed by atoms with van der Waals surface area (Å²) in [5.74, 6) is -2.92. The van der Waals surface area contributed by atoms with Crippen molar-refractivity contribution < 1.29 is 67.6 Å². The Hall–Kier alpha value is -7.42. The van der Waals surface area contributed by atoms with Gasteiger partial charge < -0.3 is 55.8 Å². The SMILES string of the molecule is O=CO[C@H](CCC(=O)NCCCC(=O)CC[C@H](NC(=O)N[C@@H](CCC(=O)O)OC=O)C(=O)O)CC(=O)CCCCCCCNC(=S)Nc1ccc(-c2c3ccc(=O)cc-3oc3cc(O)ccc23)cc1. The van der Waals surface area contributed by atoms with Gasteiger partial charge in [0.1, 0.15) is 40.8 Å². The molecular weight excluding hydrogens is 919 g/mol. The molecule has 69 heavy (non-hydrogen) atoms. The van der Waals surface area contributed by atoms with Gasteiger partial charge in [0.05, 0.1) is 6.42 Å². The molecule has 0 saturated carbocycles. The smallest absolute Gasteiger partial charge is 0.326 e. The molecular formula is C48H57N5O15S. The van der Waals surface area contributed by atoms with Crippen LogP contribution in [0.15, 0.2) is 69.9 Å². The van der Waals surface area contributed by atoms with Crippen molar-refractivity contribution in [2.75, 3.05) is 18.4 Å². The molecule has 1 heterocycles. The van der Waals surface area contributed by atoms with Crippen LogP contribution in [-0.2, 0) is 43.0 Å². The summed E-state index contributed by atoms with van der Waals surface area (Å²) < 4.78 is 15.6. The standard InChI is InChI=1S/C48H57N5O15S/c54-28-66-36(16-20-42(60)49-24-6-8-32(56)15-19-39(46(63)64)52-47(65)53-43(67-29-55)21-22-44(61)62)25-33(57)7-4-2-1-3-5-23-50-48(69)51-31-11-9-30(10-12-31)45-37-17-13-34(58)26-40(37)68-41-27-35(59)14-18-38(41)45/h9-14,17-18,26-29,36,39,43,58H,1-8,15-16,19-25H2,(H,49,60)(H,61,62)(H,63,64)(H2,50,51,69)(H2,52,53,65)/t36-,39+,43-/m1/s1. The summed E-state index contributed by atoms with van der Waals surface area (Å²) in [6.07, 6.45) is 1.63. The summed E-state index contributed by atoms with van der Waals surface area (Å²) in [7, 11) is 0. The molecule has 370 valence electrons. The van der Waals surface area contributed by atoms with E-state index in [9.17, 15) is 53.4 Å². The molecule has 3 amide bonds. The molecule has 0 aromatic heterocycles. The number of ketones is 2. The molecule has 21 heteroatoms. The number of amides is 3. The number of thiocarbonyl (C=S) groups is 1. The number of nitrogens with one attached hydrogen (secondary N) is 5. The molecule has 0 bridgehead atoms. The molecule has 20 nitrogen and oxygen atoms in total. The van der Waals surface area contributed by atoms with Gasteiger partial charge in [0.15, 0.2) is 16.8 Å². The van der Waals surface area contributed by atoms with Gasteiger partial charge in [-0.3, -0.25) is 33.6 Å². The molecule has 2 aromatic carbocycles. The fourth-order valence-electron chi connectivity index (χ4n) is 7.32. The van der Waals surface area contributed by atoms with Crippen LogP contribution in [0.4, 0.5) is 10.5 Å². The minimum atomic E-state index is -1.47. The van der Waals surface area contributed by atoms with Crippen molar-refractivity contribution in [1.82, 2.24) is 21.3 Å². The summed E-state index contributed by atoms with van der Waals surface area (Å²) in [6, 6.07) is 14.7. The number of carbonyl (C=O) groups excluding carboxylic acids is 6. The van der Waals surface area contributed by atoms with E-state index in [2.05, 4.69) is 31.3 Å². The van der Waals surface area contributed by atoms with Gasteiger partial charge >= 0.3 is 18.0 Å². The number of unbranched alkanes of at least 4 members (excludes halogenated alkanes) is 4. The van der Waals surface area contributed by atoms with Crippen LogP contribution in [0.1, 0.15) is 96.3 Å². The molecule has 4 rings (SSSR count). The Labute approximate surface area is 402 Å². The number of aliphatic carboxylic acids is 2. The van der Waals surface area contributed by atoms with Gasteiger partial charge in [-0.05, 0) is 86.3 Å². The third-order valence-corrected chi connectivity index (χ3v) is 11.1. The van der Waals surface area contributed by atoms with Gasteiger partial charge in [-0.1, -0.05) is 31.4 Å². The van der Waals surface area contributed by atoms with E-state index in [1.165, 1.54) is 18.2 Å². The molecule has 3 atom stereocenters. The number of carboxylic acids is 2. The molecule has 0 radical (unpaired) electrons. The Morgan fingerprint density at radius 1 is 0.710 bits per heavy atom. The van der Waals surface area contributed by atoms with Crippen molar-refractivity contribution in [3.05, 3.63) is 70.9 Å². The van der Waals surface area contributed by atoms with E-state index in [0.717, 1.165) is 53.4 Å². The van der Waals surface area contributed by atoms with Crippen molar-refractivity contribution in [1.29, 1.82) is 0 Å². The van der Waals surface area contributed by atoms with Crippen LogP contribution in [0.25, 0.3) is 33.4 Å². The first-order valence-electron chi connectivity index (χ1n) is 22.5. The van der Waals surface area contributed by atoms with Crippen LogP contribution < -0.4 is 32.0 Å². The number of anilines is 1. The van der Waals surface area contributed by atoms with Gasteiger partial charge in [0.25, 0.3) is 12.9 Å². The average Bonchev–Trinajstić information content (AvgIpc) is 3.30. The van der Waals surface area contributed by atoms with Gasteiger partial charge in [-0.25, -0.2) is 9.59 Å². The molecule has 8 N–H and O–H groups in total. The second-order valence-corrected chi connectivity index (χ2v) is 16.5. The number of urea groups is 1. The van der Waals surface area contributed by atoms with Crippen LogP contribution in [0, 0.1) is 0 Å². The minimum absolute atomic E-state index is 0.00925. The number of phenolic OH excluding ortho intramolecular Hbond substituents is 1. The molecule has 2 aromatic rings. The number of carboxylic acid groups (broad SMARTS) is 2. The Morgan fingerprint density at radius 2 is 1.42 bits per heavy atom. The lowest BCUT2D eigenvalue weighted by Crippen LogP contribution is -2.49. The number of aromatic hydroxyl groups is 1. The summed E-state index contributed by atoms with van der Waals surface area (Å²) >= 11 is 5.50. The highest BCUT2D eigenvalue weighted by Gasteiger charge is 2.24. The zero-order chi connectivity index (χ0) is 50.1. The normalized spacial score (nSPS) is 12.2. The highest BCUT2D eigenvalue weighted by atomic mass is 32.1. The topological polar surface area (TPSA) is 306 Å². The predicted octanol–water partition coefficient (Wildman–Crippen LogP) is 5.54. The summed E-state index contributed by atoms with van der Waals surface area (Å²) in [6.45, 7) is 1.05. The quantitative estimate of drug-likeness (QED) is 0.00979. The Balaban J connectivity index is 1.04. The molecule has 2 aliphatic rings. The van der Waals surface area contributed by atoms with E-state index in [0.29, 0.717) is 35.8 Å². The van der Waals surface area contributed by atoms with Gasteiger partial charge in [-0.15, -0.1) is 0 Å². The number of carbonyl (C=O) groups is 8. The number of Topliss-reactive ketones (excluding diaryl/α,β-unsaturated/α-hetero) is 2. The van der Waals surface area contributed by atoms with E-state index >= 15 is 0 Å². The van der Waals surface area contributed by atoms with Gasteiger partial charge in [0, 0.05) is 85.9 Å². The lowest BCUT2D eigenvalue weighted by molar-refractivity contribution is -0.141. The predicted molar refractivity (Wildman–Crippen MR) is 255 cm³/mol. The van der Waals surface area contributed by atoms with Crippen molar-refractivity contribution in [2.24, 2.45) is 0 Å². The van der Waals surface area contributed by atoms with E-state index in [1.54, 1.807) is 18.2 Å². The van der Waals surface area contributed by atoms with E-state index < -0.39 is 42.8 Å². The lowest BCUT2D eigenvalue weighted by Gasteiger charge is -2.19. The average molecular weight is 976 g/mol. The third kappa shape index (κ3) is 19.4. The highest BCUT2D eigenvalue weighted by Crippen LogP contribution is 2.40. The fourth-order valence-corrected chi connectivity index (χ4v) is 7.54. The van der Waals surface area contributed by atoms with Crippen molar-refractivity contribution >= 4 is 82.4 Å². The Bertz CT molecular complexity index is 2440. The van der Waals surface area contributed by atoms with Crippen LogP contribution in [0.3, 0.4) is 0 Å². The van der Waals surface area contributed by atoms with Gasteiger partial charge in [-0.2, -0.15) is 0 Å². The zero-order valence-electron chi connectivity index (χ0n) is 37.8. The molecule has 0 fully saturated rings. The Kier molecular flexibility index (Phi) is 22.5.